The number of fused-ring (bicyclic) bond motifs is 2. The predicted octanol–water partition coefficient (Wildman–Crippen LogP) is 4.28. The zero-order valence-electron chi connectivity index (χ0n) is 34.9. The van der Waals surface area contributed by atoms with Crippen molar-refractivity contribution >= 4 is 51.7 Å². The van der Waals surface area contributed by atoms with E-state index in [1.165, 1.54) is 13.2 Å². The first-order chi connectivity index (χ1) is 29.5. The lowest BCUT2D eigenvalue weighted by atomic mass is 10.1. The third kappa shape index (κ3) is 9.10. The summed E-state index contributed by atoms with van der Waals surface area (Å²) < 4.78 is 24.4. The maximum absolute atomic E-state index is 13.8. The number of nitrogens with one attached hydrogen (secondary N) is 2. The molecular weight excluding hydrogens is 783 g/mol. The van der Waals surface area contributed by atoms with Gasteiger partial charge in [-0.15, -0.1) is 0 Å². The van der Waals surface area contributed by atoms with E-state index in [-0.39, 0.29) is 30.5 Å². The lowest BCUT2D eigenvalue weighted by Crippen LogP contribution is -2.37. The third-order valence-corrected chi connectivity index (χ3v) is 10.3. The third-order valence-electron chi connectivity index (χ3n) is 10.3. The van der Waals surface area contributed by atoms with Gasteiger partial charge >= 0.3 is 0 Å². The highest BCUT2D eigenvalue weighted by Gasteiger charge is 2.23. The zero-order chi connectivity index (χ0) is 43.2. The average Bonchev–Trinajstić information content (AvgIpc) is 4.02. The largest absolute Gasteiger partial charge is 0.494 e. The Hall–Kier alpha value is -7.04. The van der Waals surface area contributed by atoms with Crippen molar-refractivity contribution in [3.05, 3.63) is 82.5 Å². The molecule has 0 atom stereocenters. The van der Waals surface area contributed by atoms with Gasteiger partial charge in [0.2, 0.25) is 17.8 Å². The fourth-order valence-electron chi connectivity index (χ4n) is 7.40. The fraction of sp³-hybridized carbons (Fsp3) is 0.381. The van der Waals surface area contributed by atoms with E-state index in [4.69, 9.17) is 29.9 Å². The second-order valence-corrected chi connectivity index (χ2v) is 14.5. The summed E-state index contributed by atoms with van der Waals surface area (Å²) in [6.45, 7) is 13.2. The van der Waals surface area contributed by atoms with Gasteiger partial charge in [0, 0.05) is 57.4 Å². The van der Waals surface area contributed by atoms with Crippen molar-refractivity contribution in [2.75, 3.05) is 57.2 Å². The monoisotopic (exact) mass is 831 g/mol. The quantitative estimate of drug-likeness (QED) is 0.0865. The van der Waals surface area contributed by atoms with Crippen LogP contribution in [0, 0.1) is 25.2 Å². The number of carbonyl (C=O) groups is 3. The van der Waals surface area contributed by atoms with Gasteiger partial charge in [-0.3, -0.25) is 39.3 Å². The van der Waals surface area contributed by atoms with E-state index < -0.39 is 17.7 Å². The van der Waals surface area contributed by atoms with E-state index in [1.54, 1.807) is 44.3 Å². The van der Waals surface area contributed by atoms with Crippen LogP contribution in [0.5, 0.6) is 11.5 Å². The van der Waals surface area contributed by atoms with E-state index in [0.29, 0.717) is 94.8 Å². The molecule has 4 N–H and O–H groups in total. The van der Waals surface area contributed by atoms with Crippen LogP contribution in [-0.4, -0.2) is 108 Å². The highest BCUT2D eigenvalue weighted by atomic mass is 16.5. The van der Waals surface area contributed by atoms with Crippen LogP contribution in [0.25, 0.3) is 22.1 Å². The van der Waals surface area contributed by atoms with E-state index in [9.17, 15) is 19.6 Å². The number of rotatable bonds is 17. The lowest BCUT2D eigenvalue weighted by Gasteiger charge is -2.26. The standard InChI is InChI=1S/C42H49N13O6/c1-6-54-32(19-26(3)49-54)39(57)47-41-45-30-21-28(25-43)22-35(61-16-10-11-51-14-17-60-18-15-51)37(30)53(41)13-9-8-12-52-36-31(23-29(38(44)56)24-34(36)59-5)46-42(52)48-40(58)33-20-27(4)50-55(33)7-2/h8-9,19-24H,6-7,10-18H2,1-5H3,(H2,44,56)(H,45,47,57)(H,46,48,58)/b9-8+. The van der Waals surface area contributed by atoms with Crippen molar-refractivity contribution in [2.24, 2.45) is 5.73 Å². The number of benzene rings is 2. The summed E-state index contributed by atoms with van der Waals surface area (Å²) in [6, 6.07) is 12.1. The number of anilines is 2. The molecule has 6 aromatic rings. The van der Waals surface area contributed by atoms with Gasteiger partial charge < -0.3 is 29.1 Å². The normalized spacial score (nSPS) is 13.2. The van der Waals surface area contributed by atoms with Crippen molar-refractivity contribution in [2.45, 2.75) is 60.3 Å². The van der Waals surface area contributed by atoms with Crippen LogP contribution in [0.15, 0.2) is 48.6 Å². The van der Waals surface area contributed by atoms with E-state index in [1.807, 2.05) is 44.4 Å². The summed E-state index contributed by atoms with van der Waals surface area (Å²) in [4.78, 5) is 51.5. The molecule has 0 saturated carbocycles. The summed E-state index contributed by atoms with van der Waals surface area (Å²) in [6.07, 6.45) is 4.51. The molecule has 4 aromatic heterocycles. The number of nitriles is 1. The van der Waals surface area contributed by atoms with Crippen LogP contribution in [0.4, 0.5) is 11.9 Å². The molecule has 19 heteroatoms. The number of methoxy groups -OCH3 is 1. The number of aromatic nitrogens is 8. The number of primary amides is 1. The summed E-state index contributed by atoms with van der Waals surface area (Å²) >= 11 is 0. The number of hydrogen-bond donors (Lipinski definition) is 3. The van der Waals surface area contributed by atoms with Gasteiger partial charge in [-0.1, -0.05) is 12.2 Å². The molecule has 0 unspecified atom stereocenters. The summed E-state index contributed by atoms with van der Waals surface area (Å²) in [7, 11) is 1.47. The second-order valence-electron chi connectivity index (χ2n) is 14.5. The van der Waals surface area contributed by atoms with Crippen molar-refractivity contribution in [3.63, 3.8) is 0 Å². The maximum Gasteiger partial charge on any atom is 0.276 e. The lowest BCUT2D eigenvalue weighted by molar-refractivity contribution is 0.0358. The van der Waals surface area contributed by atoms with Crippen LogP contribution in [-0.2, 0) is 30.9 Å². The molecule has 1 saturated heterocycles. The summed E-state index contributed by atoms with van der Waals surface area (Å²) in [5.74, 6) is -0.253. The van der Waals surface area contributed by atoms with Crippen LogP contribution in [0.1, 0.15) is 68.6 Å². The zero-order valence-corrected chi connectivity index (χ0v) is 34.9. The molecule has 0 radical (unpaired) electrons. The van der Waals surface area contributed by atoms with E-state index in [2.05, 4.69) is 31.8 Å². The predicted molar refractivity (Wildman–Crippen MR) is 227 cm³/mol. The minimum Gasteiger partial charge on any atom is -0.494 e. The van der Waals surface area contributed by atoms with Gasteiger partial charge in [-0.05, 0) is 64.4 Å². The number of amides is 3. The maximum atomic E-state index is 13.8. The number of hydrogen-bond acceptors (Lipinski definition) is 12. The Morgan fingerprint density at radius 3 is 1.92 bits per heavy atom. The van der Waals surface area contributed by atoms with Crippen molar-refractivity contribution < 1.29 is 28.6 Å². The molecular formula is C42H49N13O6. The Kier molecular flexibility index (Phi) is 12.8. The molecule has 3 amide bonds. The smallest absolute Gasteiger partial charge is 0.276 e. The van der Waals surface area contributed by atoms with Crippen LogP contribution < -0.4 is 25.8 Å². The van der Waals surface area contributed by atoms with Crippen molar-refractivity contribution in [1.29, 1.82) is 5.26 Å². The minimum atomic E-state index is -0.658. The number of ether oxygens (including phenoxy) is 3. The highest BCUT2D eigenvalue weighted by Crippen LogP contribution is 2.33. The first-order valence-corrected chi connectivity index (χ1v) is 20.1. The molecule has 0 aliphatic carbocycles. The Balaban J connectivity index is 1.24. The van der Waals surface area contributed by atoms with Gasteiger partial charge in [-0.2, -0.15) is 15.5 Å². The summed E-state index contributed by atoms with van der Waals surface area (Å²) in [5.41, 5.74) is 10.3. The number of carbonyl (C=O) groups excluding carboxylic acids is 3. The number of nitrogens with two attached hydrogens (primary N) is 1. The topological polar surface area (TPSA) is 227 Å². The molecule has 2 aromatic carbocycles. The molecule has 318 valence electrons. The van der Waals surface area contributed by atoms with Crippen LogP contribution >= 0.6 is 0 Å². The van der Waals surface area contributed by atoms with Crippen LogP contribution in [0.2, 0.25) is 0 Å². The van der Waals surface area contributed by atoms with E-state index in [0.717, 1.165) is 26.1 Å². The molecule has 7 rings (SSSR count). The van der Waals surface area contributed by atoms with Gasteiger partial charge in [0.1, 0.15) is 33.9 Å². The van der Waals surface area contributed by atoms with Gasteiger partial charge in [0.05, 0.1) is 61.0 Å². The van der Waals surface area contributed by atoms with Crippen molar-refractivity contribution in [1.82, 2.24) is 43.6 Å². The molecule has 5 heterocycles. The Labute approximate surface area is 351 Å². The van der Waals surface area contributed by atoms with E-state index >= 15 is 0 Å². The highest BCUT2D eigenvalue weighted by molar-refractivity contribution is 6.05. The molecule has 61 heavy (non-hydrogen) atoms. The Morgan fingerprint density at radius 1 is 0.836 bits per heavy atom. The molecule has 19 nitrogen and oxygen atoms in total. The van der Waals surface area contributed by atoms with Crippen LogP contribution in [0.3, 0.4) is 0 Å². The molecule has 0 spiro atoms. The minimum absolute atomic E-state index is 0.192. The van der Waals surface area contributed by atoms with Gasteiger partial charge in [0.15, 0.2) is 0 Å². The first-order valence-electron chi connectivity index (χ1n) is 20.1. The number of nitrogens with zero attached hydrogens (tertiary/aromatic N) is 10. The molecule has 1 fully saturated rings. The fourth-order valence-corrected chi connectivity index (χ4v) is 7.40. The number of allylic oxidation sites excluding steroid dienone is 2. The Morgan fingerprint density at radius 2 is 1.39 bits per heavy atom. The Bertz CT molecular complexity index is 2670. The number of aryl methyl sites for hydroxylation is 4. The SMILES string of the molecule is CCn1nc(C)cc1C(=O)Nc1nc2cc(C(N)=O)cc(OC)c2n1C/C=C/Cn1c(NC(=O)c2cc(C)nn2CC)nc2cc(C#N)cc(OCCCN3CCOCC3)c21. The first kappa shape index (κ1) is 42.1. The van der Waals surface area contributed by atoms with Gasteiger partial charge in [0.25, 0.3) is 11.8 Å². The second kappa shape index (κ2) is 18.5. The molecule has 0 bridgehead atoms. The molecule has 1 aliphatic heterocycles. The average molecular weight is 832 g/mol. The number of morpholine rings is 1. The van der Waals surface area contributed by atoms with Crippen molar-refractivity contribution in [3.8, 4) is 17.6 Å². The number of imidazole rings is 2. The van der Waals surface area contributed by atoms with Gasteiger partial charge in [-0.25, -0.2) is 9.97 Å². The molecule has 1 aliphatic rings. The summed E-state index contributed by atoms with van der Waals surface area (Å²) in [5, 5.41) is 24.7.